The predicted octanol–water partition coefficient (Wildman–Crippen LogP) is 3.01. The van der Waals surface area contributed by atoms with Gasteiger partial charge in [0.05, 0.1) is 11.0 Å². The average Bonchev–Trinajstić information content (AvgIpc) is 2.73. The van der Waals surface area contributed by atoms with E-state index in [1.807, 2.05) is 19.9 Å². The molecule has 1 N–H and O–H groups in total. The van der Waals surface area contributed by atoms with Crippen molar-refractivity contribution in [2.75, 3.05) is 13.1 Å². The average molecular weight is 306 g/mol. The fraction of sp³-hybridized carbons (Fsp3) is 0.647. The minimum Gasteiger partial charge on any atom is -0.481 e. The number of rotatable bonds is 3. The van der Waals surface area contributed by atoms with E-state index >= 15 is 0 Å². The Morgan fingerprint density at radius 1 is 1.32 bits per heavy atom. The second-order valence-electron chi connectivity index (χ2n) is 6.94. The summed E-state index contributed by atoms with van der Waals surface area (Å²) in [4.78, 5) is 26.0. The largest absolute Gasteiger partial charge is 0.481 e. The maximum Gasteiger partial charge on any atom is 0.311 e. The molecule has 0 radical (unpaired) electrons. The maximum absolute atomic E-state index is 12.8. The van der Waals surface area contributed by atoms with E-state index in [-0.39, 0.29) is 12.5 Å². The number of piperidine rings is 1. The smallest absolute Gasteiger partial charge is 0.311 e. The van der Waals surface area contributed by atoms with Crippen LogP contribution in [0, 0.1) is 19.3 Å². The van der Waals surface area contributed by atoms with Crippen LogP contribution in [0.5, 0.6) is 0 Å². The van der Waals surface area contributed by atoms with Crippen LogP contribution in [-0.2, 0) is 4.79 Å². The summed E-state index contributed by atoms with van der Waals surface area (Å²) in [5.74, 6) is -0.871. The van der Waals surface area contributed by atoms with Crippen LogP contribution in [0.3, 0.4) is 0 Å². The minimum atomic E-state index is -0.836. The number of carbonyl (C=O) groups excluding carboxylic acids is 1. The van der Waals surface area contributed by atoms with E-state index in [2.05, 4.69) is 18.4 Å². The number of carbonyl (C=O) groups is 2. The first kappa shape index (κ1) is 16.6. The lowest BCUT2D eigenvalue weighted by Gasteiger charge is -2.37. The van der Waals surface area contributed by atoms with Crippen LogP contribution in [0.25, 0.3) is 0 Å². The van der Waals surface area contributed by atoms with Crippen LogP contribution < -0.4 is 0 Å². The van der Waals surface area contributed by atoms with Gasteiger partial charge in [0.2, 0.25) is 0 Å². The Hall–Kier alpha value is -1.78. The maximum atomic E-state index is 12.8. The van der Waals surface area contributed by atoms with Gasteiger partial charge in [-0.1, -0.05) is 0 Å². The van der Waals surface area contributed by atoms with Gasteiger partial charge in [-0.05, 0) is 53.5 Å². The molecule has 0 bridgehead atoms. The second kappa shape index (κ2) is 5.78. The highest BCUT2D eigenvalue weighted by molar-refractivity contribution is 5.96. The molecule has 1 aliphatic rings. The monoisotopic (exact) mass is 306 g/mol. The first-order valence-corrected chi connectivity index (χ1v) is 7.88. The molecule has 122 valence electrons. The van der Waals surface area contributed by atoms with Gasteiger partial charge in [0.15, 0.2) is 0 Å². The number of hydrogen-bond acceptors (Lipinski definition) is 2. The number of aromatic nitrogens is 1. The molecule has 22 heavy (non-hydrogen) atoms. The number of nitrogens with zero attached hydrogens (tertiary/aromatic N) is 2. The summed E-state index contributed by atoms with van der Waals surface area (Å²) < 4.78 is 2.15. The second-order valence-corrected chi connectivity index (χ2v) is 6.94. The molecule has 2 rings (SSSR count). The molecule has 1 saturated heterocycles. The number of aliphatic carboxylic acids is 1. The summed E-state index contributed by atoms with van der Waals surface area (Å²) in [7, 11) is 0. The van der Waals surface area contributed by atoms with E-state index in [4.69, 9.17) is 0 Å². The van der Waals surface area contributed by atoms with Crippen molar-refractivity contribution >= 4 is 11.9 Å². The summed E-state index contributed by atoms with van der Waals surface area (Å²) in [5.41, 5.74) is 1.88. The summed E-state index contributed by atoms with van der Waals surface area (Å²) in [5, 5.41) is 9.40. The van der Waals surface area contributed by atoms with E-state index < -0.39 is 11.4 Å². The van der Waals surface area contributed by atoms with Crippen molar-refractivity contribution in [1.82, 2.24) is 9.47 Å². The highest BCUT2D eigenvalue weighted by Crippen LogP contribution is 2.31. The third kappa shape index (κ3) is 2.76. The molecule has 1 aromatic rings. The number of likely N-dealkylation sites (tertiary alicyclic amines) is 1. The van der Waals surface area contributed by atoms with Gasteiger partial charge in [0, 0.05) is 30.5 Å². The van der Waals surface area contributed by atoms with Crippen LogP contribution in [0.4, 0.5) is 0 Å². The lowest BCUT2D eigenvalue weighted by molar-refractivity contribution is -0.150. The summed E-state index contributed by atoms with van der Waals surface area (Å²) in [6, 6.07) is 2.22. The minimum absolute atomic E-state index is 0.0489. The molecular weight excluding hydrogens is 280 g/mol. The third-order valence-electron chi connectivity index (χ3n) is 4.73. The highest BCUT2D eigenvalue weighted by atomic mass is 16.4. The van der Waals surface area contributed by atoms with Gasteiger partial charge < -0.3 is 14.6 Å². The molecule has 1 fully saturated rings. The Labute approximate surface area is 131 Å². The first-order valence-electron chi connectivity index (χ1n) is 7.88. The Balaban J connectivity index is 2.29. The van der Waals surface area contributed by atoms with Gasteiger partial charge in [-0.3, -0.25) is 9.59 Å². The number of amides is 1. The molecule has 1 atom stereocenters. The zero-order valence-electron chi connectivity index (χ0n) is 14.1. The lowest BCUT2D eigenvalue weighted by Crippen LogP contribution is -2.48. The van der Waals surface area contributed by atoms with E-state index in [0.717, 1.165) is 17.8 Å². The lowest BCUT2D eigenvalue weighted by atomic mass is 9.82. The SMILES string of the molecule is Cc1cc(C(=O)N2CCCC(C)(C(=O)O)C2)c(C)n1C(C)C. The molecule has 1 unspecified atom stereocenters. The zero-order chi connectivity index (χ0) is 16.7. The first-order chi connectivity index (χ1) is 10.2. The van der Waals surface area contributed by atoms with Crippen molar-refractivity contribution in [2.24, 2.45) is 5.41 Å². The number of carboxylic acids is 1. The Morgan fingerprint density at radius 2 is 1.95 bits per heavy atom. The quantitative estimate of drug-likeness (QED) is 0.933. The molecule has 0 saturated carbocycles. The Bertz CT molecular complexity index is 603. The van der Waals surface area contributed by atoms with Crippen molar-refractivity contribution in [2.45, 2.75) is 53.5 Å². The Kier molecular flexibility index (Phi) is 4.36. The number of aryl methyl sites for hydroxylation is 1. The van der Waals surface area contributed by atoms with Gasteiger partial charge >= 0.3 is 5.97 Å². The number of carboxylic acid groups (broad SMARTS) is 1. The summed E-state index contributed by atoms with van der Waals surface area (Å²) >= 11 is 0. The third-order valence-corrected chi connectivity index (χ3v) is 4.73. The topological polar surface area (TPSA) is 62.5 Å². The van der Waals surface area contributed by atoms with Gasteiger partial charge in [-0.25, -0.2) is 0 Å². The van der Waals surface area contributed by atoms with Crippen molar-refractivity contribution in [3.05, 3.63) is 23.0 Å². The fourth-order valence-electron chi connectivity index (χ4n) is 3.55. The van der Waals surface area contributed by atoms with Crippen molar-refractivity contribution in [1.29, 1.82) is 0 Å². The van der Waals surface area contributed by atoms with Crippen molar-refractivity contribution in [3.63, 3.8) is 0 Å². The molecule has 2 heterocycles. The predicted molar refractivity (Wildman–Crippen MR) is 85.2 cm³/mol. The van der Waals surface area contributed by atoms with Gasteiger partial charge in [0.25, 0.3) is 5.91 Å². The van der Waals surface area contributed by atoms with E-state index in [9.17, 15) is 14.7 Å². The standard InChI is InChI=1S/C17H26N2O3/c1-11(2)19-12(3)9-14(13(19)4)15(20)18-8-6-7-17(5,10-18)16(21)22/h9,11H,6-8,10H2,1-5H3,(H,21,22). The summed E-state index contributed by atoms with van der Waals surface area (Å²) in [6.07, 6.45) is 1.36. The molecule has 0 aliphatic carbocycles. The van der Waals surface area contributed by atoms with E-state index in [1.54, 1.807) is 11.8 Å². The molecule has 1 aromatic heterocycles. The molecule has 1 aliphatic heterocycles. The Morgan fingerprint density at radius 3 is 2.45 bits per heavy atom. The van der Waals surface area contributed by atoms with E-state index in [1.165, 1.54) is 0 Å². The van der Waals surface area contributed by atoms with Gasteiger partial charge in [-0.2, -0.15) is 0 Å². The molecular formula is C17H26N2O3. The number of hydrogen-bond donors (Lipinski definition) is 1. The highest BCUT2D eigenvalue weighted by Gasteiger charge is 2.40. The molecule has 0 spiro atoms. The van der Waals surface area contributed by atoms with Crippen molar-refractivity contribution in [3.8, 4) is 0 Å². The van der Waals surface area contributed by atoms with E-state index in [0.29, 0.717) is 24.6 Å². The molecule has 1 amide bonds. The molecule has 5 nitrogen and oxygen atoms in total. The van der Waals surface area contributed by atoms with Gasteiger partial charge in [-0.15, -0.1) is 0 Å². The van der Waals surface area contributed by atoms with Crippen LogP contribution >= 0.6 is 0 Å². The van der Waals surface area contributed by atoms with Gasteiger partial charge in [0.1, 0.15) is 0 Å². The van der Waals surface area contributed by atoms with Crippen LogP contribution in [0.15, 0.2) is 6.07 Å². The van der Waals surface area contributed by atoms with Crippen molar-refractivity contribution < 1.29 is 14.7 Å². The molecule has 5 heteroatoms. The van der Waals surface area contributed by atoms with Crippen LogP contribution in [-0.4, -0.2) is 39.5 Å². The normalized spacial score (nSPS) is 22.2. The fourth-order valence-corrected chi connectivity index (χ4v) is 3.55. The summed E-state index contributed by atoms with van der Waals surface area (Å²) in [6.45, 7) is 10.8. The van der Waals surface area contributed by atoms with Crippen LogP contribution in [0.1, 0.15) is 61.4 Å². The van der Waals surface area contributed by atoms with Crippen LogP contribution in [0.2, 0.25) is 0 Å². The molecule has 0 aromatic carbocycles. The zero-order valence-corrected chi connectivity index (χ0v) is 14.1.